The van der Waals surface area contributed by atoms with Crippen molar-refractivity contribution in [1.29, 1.82) is 0 Å². The maximum atomic E-state index is 9.42. The fourth-order valence-electron chi connectivity index (χ4n) is 0.830. The van der Waals surface area contributed by atoms with Gasteiger partial charge in [0.25, 0.3) is 0 Å². The minimum Gasteiger partial charge on any atom is -0.390 e. The molecule has 1 aromatic rings. The van der Waals surface area contributed by atoms with Gasteiger partial charge in [0.1, 0.15) is 6.10 Å². The molecular formula is C6H9N7O2. The van der Waals surface area contributed by atoms with E-state index >= 15 is 0 Å². The van der Waals surface area contributed by atoms with Crippen LogP contribution in [-0.4, -0.2) is 31.3 Å². The second-order valence-corrected chi connectivity index (χ2v) is 2.73. The third-order valence-electron chi connectivity index (χ3n) is 1.51. The van der Waals surface area contributed by atoms with Crippen molar-refractivity contribution in [2.75, 3.05) is 5.73 Å². The highest BCUT2D eigenvalue weighted by Crippen LogP contribution is 2.15. The fraction of sp³-hybridized carbons (Fsp3) is 0.500. The molecule has 0 aliphatic heterocycles. The summed E-state index contributed by atoms with van der Waals surface area (Å²) in [5.41, 5.74) is 13.4. The van der Waals surface area contributed by atoms with Crippen LogP contribution in [0, 0.1) is 0 Å². The van der Waals surface area contributed by atoms with Crippen LogP contribution in [0.1, 0.15) is 18.9 Å². The Morgan fingerprint density at radius 3 is 2.60 bits per heavy atom. The van der Waals surface area contributed by atoms with Crippen molar-refractivity contribution >= 4 is 11.9 Å². The number of aromatic nitrogens is 3. The van der Waals surface area contributed by atoms with E-state index in [0.29, 0.717) is 0 Å². The summed E-state index contributed by atoms with van der Waals surface area (Å²) in [6, 6.07) is 0. The van der Waals surface area contributed by atoms with Gasteiger partial charge in [-0.25, -0.2) is 4.98 Å². The maximum Gasteiger partial charge on any atom is 0.223 e. The lowest BCUT2D eigenvalue weighted by Gasteiger charge is -2.11. The SMILES string of the molecule is CC(O)C(O)c1nc(N)nc(N=[N+]=[N-])n1. The molecule has 0 amide bonds. The first-order chi connectivity index (χ1) is 7.04. The Hall–Kier alpha value is -1.96. The van der Waals surface area contributed by atoms with E-state index in [0.717, 1.165) is 0 Å². The predicted octanol–water partition coefficient (Wildman–Crippen LogP) is -0.190. The quantitative estimate of drug-likeness (QED) is 0.357. The van der Waals surface area contributed by atoms with Crippen molar-refractivity contribution in [2.24, 2.45) is 5.11 Å². The van der Waals surface area contributed by atoms with E-state index in [9.17, 15) is 5.11 Å². The number of rotatable bonds is 3. The molecule has 15 heavy (non-hydrogen) atoms. The van der Waals surface area contributed by atoms with Gasteiger partial charge < -0.3 is 15.9 Å². The summed E-state index contributed by atoms with van der Waals surface area (Å²) >= 11 is 0. The van der Waals surface area contributed by atoms with E-state index in [-0.39, 0.29) is 17.7 Å². The molecule has 9 heteroatoms. The first-order valence-corrected chi connectivity index (χ1v) is 3.97. The third-order valence-corrected chi connectivity index (χ3v) is 1.51. The molecule has 1 aromatic heterocycles. The standard InChI is InChI=1S/C6H9N7O2/c1-2(14)3(15)4-9-5(7)11-6(10-4)12-13-8/h2-3,14-15H,1H3,(H2,7,9,10,11). The van der Waals surface area contributed by atoms with Crippen LogP contribution in [0.25, 0.3) is 10.4 Å². The summed E-state index contributed by atoms with van der Waals surface area (Å²) < 4.78 is 0. The number of hydrogen-bond acceptors (Lipinski definition) is 7. The minimum atomic E-state index is -1.30. The Morgan fingerprint density at radius 2 is 2.07 bits per heavy atom. The maximum absolute atomic E-state index is 9.42. The molecule has 0 aromatic carbocycles. The Bertz CT molecular complexity index is 400. The summed E-state index contributed by atoms with van der Waals surface area (Å²) in [5.74, 6) is -0.582. The van der Waals surface area contributed by atoms with E-state index in [4.69, 9.17) is 16.4 Å². The molecule has 4 N–H and O–H groups in total. The topological polar surface area (TPSA) is 154 Å². The zero-order valence-corrected chi connectivity index (χ0v) is 7.81. The Morgan fingerprint density at radius 1 is 1.40 bits per heavy atom. The molecule has 0 saturated carbocycles. The molecule has 0 saturated heterocycles. The first-order valence-electron chi connectivity index (χ1n) is 3.97. The van der Waals surface area contributed by atoms with Crippen LogP contribution in [0.2, 0.25) is 0 Å². The average molecular weight is 211 g/mol. The summed E-state index contributed by atoms with van der Waals surface area (Å²) in [6.07, 6.45) is -2.37. The lowest BCUT2D eigenvalue weighted by molar-refractivity contribution is 0.0249. The highest BCUT2D eigenvalue weighted by Gasteiger charge is 2.18. The van der Waals surface area contributed by atoms with Gasteiger partial charge in [-0.2, -0.15) is 9.97 Å². The average Bonchev–Trinajstić information content (AvgIpc) is 2.16. The molecule has 0 aliphatic carbocycles. The van der Waals surface area contributed by atoms with Gasteiger partial charge in [0.05, 0.1) is 6.10 Å². The zero-order chi connectivity index (χ0) is 11.4. The van der Waals surface area contributed by atoms with Crippen molar-refractivity contribution in [1.82, 2.24) is 15.0 Å². The van der Waals surface area contributed by atoms with Crippen molar-refractivity contribution in [3.8, 4) is 0 Å². The van der Waals surface area contributed by atoms with Crippen molar-refractivity contribution in [3.05, 3.63) is 16.3 Å². The lowest BCUT2D eigenvalue weighted by Crippen LogP contribution is -2.17. The van der Waals surface area contributed by atoms with Crippen LogP contribution < -0.4 is 5.73 Å². The highest BCUT2D eigenvalue weighted by atomic mass is 16.3. The molecule has 9 nitrogen and oxygen atoms in total. The van der Waals surface area contributed by atoms with Crippen molar-refractivity contribution < 1.29 is 10.2 Å². The second-order valence-electron chi connectivity index (χ2n) is 2.73. The molecule has 1 heterocycles. The minimum absolute atomic E-state index is 0.139. The Labute approximate surface area is 84.2 Å². The van der Waals surface area contributed by atoms with Gasteiger partial charge in [-0.05, 0) is 17.6 Å². The van der Waals surface area contributed by atoms with Crippen LogP contribution in [0.4, 0.5) is 11.9 Å². The largest absolute Gasteiger partial charge is 0.390 e. The van der Waals surface area contributed by atoms with E-state index in [1.807, 2.05) is 0 Å². The van der Waals surface area contributed by atoms with E-state index in [1.165, 1.54) is 6.92 Å². The van der Waals surface area contributed by atoms with Crippen LogP contribution in [0.15, 0.2) is 5.11 Å². The molecular weight excluding hydrogens is 202 g/mol. The molecule has 0 radical (unpaired) electrons. The summed E-state index contributed by atoms with van der Waals surface area (Å²) in [7, 11) is 0. The molecule has 1 rings (SSSR count). The summed E-state index contributed by atoms with van der Waals surface area (Å²) in [5, 5.41) is 21.6. The van der Waals surface area contributed by atoms with Gasteiger partial charge in [0.15, 0.2) is 5.82 Å². The van der Waals surface area contributed by atoms with Crippen molar-refractivity contribution in [3.63, 3.8) is 0 Å². The Balaban J connectivity index is 3.13. The Kier molecular flexibility index (Phi) is 3.34. The summed E-state index contributed by atoms with van der Waals surface area (Å²) in [4.78, 5) is 13.2. The molecule has 2 atom stereocenters. The van der Waals surface area contributed by atoms with Gasteiger partial charge in [0.2, 0.25) is 11.9 Å². The van der Waals surface area contributed by atoms with E-state index in [1.54, 1.807) is 0 Å². The summed E-state index contributed by atoms with van der Waals surface area (Å²) in [6.45, 7) is 1.36. The molecule has 0 fully saturated rings. The number of nitrogen functional groups attached to an aromatic ring is 1. The highest BCUT2D eigenvalue weighted by molar-refractivity contribution is 5.26. The van der Waals surface area contributed by atoms with Gasteiger partial charge >= 0.3 is 0 Å². The van der Waals surface area contributed by atoms with Gasteiger partial charge in [-0.1, -0.05) is 0 Å². The van der Waals surface area contributed by atoms with Crippen LogP contribution in [0.5, 0.6) is 0 Å². The number of anilines is 1. The van der Waals surface area contributed by atoms with Gasteiger partial charge in [0, 0.05) is 4.91 Å². The number of aliphatic hydroxyl groups excluding tert-OH is 2. The smallest absolute Gasteiger partial charge is 0.223 e. The molecule has 2 unspecified atom stereocenters. The molecule has 0 aliphatic rings. The van der Waals surface area contributed by atoms with E-state index in [2.05, 4.69) is 25.0 Å². The monoisotopic (exact) mass is 211 g/mol. The third kappa shape index (κ3) is 2.74. The van der Waals surface area contributed by atoms with Crippen LogP contribution in [-0.2, 0) is 0 Å². The van der Waals surface area contributed by atoms with Crippen molar-refractivity contribution in [2.45, 2.75) is 19.1 Å². The number of aliphatic hydroxyl groups is 2. The van der Waals surface area contributed by atoms with E-state index < -0.39 is 12.2 Å². The second kappa shape index (κ2) is 4.51. The number of hydrogen-bond donors (Lipinski definition) is 3. The number of nitrogens with two attached hydrogens (primary N) is 1. The lowest BCUT2D eigenvalue weighted by atomic mass is 10.2. The van der Waals surface area contributed by atoms with Crippen LogP contribution in [0.3, 0.4) is 0 Å². The van der Waals surface area contributed by atoms with Gasteiger partial charge in [-0.15, -0.1) is 0 Å². The zero-order valence-electron chi connectivity index (χ0n) is 7.81. The number of azide groups is 1. The molecule has 80 valence electrons. The predicted molar refractivity (Wildman–Crippen MR) is 49.7 cm³/mol. The van der Waals surface area contributed by atoms with Crippen LogP contribution >= 0.6 is 0 Å². The fourth-order valence-corrected chi connectivity index (χ4v) is 0.830. The normalized spacial score (nSPS) is 14.1. The molecule has 0 bridgehead atoms. The number of nitrogens with zero attached hydrogens (tertiary/aromatic N) is 6. The molecule has 0 spiro atoms. The van der Waals surface area contributed by atoms with Gasteiger partial charge in [-0.3, -0.25) is 0 Å². The first kappa shape index (κ1) is 11.1.